The van der Waals surface area contributed by atoms with E-state index in [4.69, 9.17) is 4.74 Å². The molecular weight excluding hydrogens is 689 g/mol. The van der Waals surface area contributed by atoms with Gasteiger partial charge < -0.3 is 20.7 Å². The summed E-state index contributed by atoms with van der Waals surface area (Å²) in [4.78, 5) is 33.2. The molecule has 0 atom stereocenters. The molecule has 20 heteroatoms. The molecule has 2 heterocycles. The number of fused-ring (bicyclic) bond motifs is 1. The number of rotatable bonds is 10. The standard InChI is InChI=1S/C29H27F11N6O3/c1-13(27(32,33)34)23(47)41-11-14-3-8-18(29(38,39)40)19(9-14)43-26-44-20-10-17(25(49-12-21(30)31)45-22(20)46(26)2)24(48)42-16-6-4-15(5-7-16)28(35,36)37/h3,8-10,15-16,21H,1,4-7,11-12H2,2H3,(H,41,47)(H,42,48)(H,43,44). The molecule has 4 rings (SSSR count). The number of aromatic nitrogens is 3. The highest BCUT2D eigenvalue weighted by atomic mass is 19.4. The van der Waals surface area contributed by atoms with Gasteiger partial charge in [0.05, 0.1) is 17.2 Å². The van der Waals surface area contributed by atoms with Gasteiger partial charge >= 0.3 is 18.5 Å². The maximum Gasteiger partial charge on any atom is 0.421 e. The number of halogens is 11. The Morgan fingerprint density at radius 2 is 1.65 bits per heavy atom. The summed E-state index contributed by atoms with van der Waals surface area (Å²) in [7, 11) is 1.28. The van der Waals surface area contributed by atoms with Crippen LogP contribution < -0.4 is 20.7 Å². The number of carbonyl (C=O) groups is 2. The highest BCUT2D eigenvalue weighted by molar-refractivity contribution is 5.99. The zero-order valence-electron chi connectivity index (χ0n) is 25.2. The van der Waals surface area contributed by atoms with Crippen molar-refractivity contribution in [2.45, 2.75) is 63.2 Å². The molecule has 1 aliphatic rings. The second-order valence-corrected chi connectivity index (χ2v) is 11.1. The first-order chi connectivity index (χ1) is 22.6. The molecule has 1 aliphatic carbocycles. The van der Waals surface area contributed by atoms with Crippen LogP contribution in [0, 0.1) is 5.92 Å². The van der Waals surface area contributed by atoms with Crippen LogP contribution in [0.5, 0.6) is 5.88 Å². The number of nitrogens with zero attached hydrogens (tertiary/aromatic N) is 3. The van der Waals surface area contributed by atoms with E-state index in [1.165, 1.54) is 7.05 Å². The van der Waals surface area contributed by atoms with Crippen LogP contribution in [0.25, 0.3) is 11.2 Å². The number of hydrogen-bond acceptors (Lipinski definition) is 6. The largest absolute Gasteiger partial charge is 0.471 e. The lowest BCUT2D eigenvalue weighted by Gasteiger charge is -2.30. The minimum Gasteiger partial charge on any atom is -0.471 e. The van der Waals surface area contributed by atoms with Crippen molar-refractivity contribution in [3.8, 4) is 5.88 Å². The summed E-state index contributed by atoms with van der Waals surface area (Å²) < 4.78 is 151. The molecule has 49 heavy (non-hydrogen) atoms. The van der Waals surface area contributed by atoms with E-state index < -0.39 is 90.1 Å². The van der Waals surface area contributed by atoms with Crippen LogP contribution in [-0.2, 0) is 24.6 Å². The van der Waals surface area contributed by atoms with Crippen molar-refractivity contribution in [1.29, 1.82) is 0 Å². The van der Waals surface area contributed by atoms with Crippen molar-refractivity contribution in [2.75, 3.05) is 11.9 Å². The topological polar surface area (TPSA) is 110 Å². The molecule has 3 N–H and O–H groups in total. The molecule has 268 valence electrons. The Morgan fingerprint density at radius 1 is 1.00 bits per heavy atom. The van der Waals surface area contributed by atoms with E-state index in [2.05, 4.69) is 27.2 Å². The number of carbonyl (C=O) groups excluding carboxylic acids is 2. The molecule has 1 fully saturated rings. The number of hydrogen-bond donors (Lipinski definition) is 3. The first-order valence-corrected chi connectivity index (χ1v) is 14.3. The molecule has 0 saturated heterocycles. The number of pyridine rings is 1. The smallest absolute Gasteiger partial charge is 0.421 e. The Kier molecular flexibility index (Phi) is 10.7. The quantitative estimate of drug-likeness (QED) is 0.155. The predicted octanol–water partition coefficient (Wildman–Crippen LogP) is 6.96. The molecule has 0 aliphatic heterocycles. The molecule has 1 saturated carbocycles. The van der Waals surface area contributed by atoms with Crippen molar-refractivity contribution in [3.63, 3.8) is 0 Å². The number of imidazole rings is 1. The minimum absolute atomic E-state index is 0.0160. The minimum atomic E-state index is -5.04. The molecule has 0 bridgehead atoms. The SMILES string of the molecule is C=C(C(=O)NCc1ccc(C(F)(F)F)c(Nc2nc3cc(C(=O)NC4CCC(C(F)(F)F)CC4)c(OCC(F)F)nc3n2C)c1)C(F)(F)F. The van der Waals surface area contributed by atoms with Gasteiger partial charge in [0.15, 0.2) is 12.3 Å². The number of alkyl halides is 11. The Morgan fingerprint density at radius 3 is 2.22 bits per heavy atom. The fraction of sp³-hybridized carbons (Fsp3) is 0.448. The van der Waals surface area contributed by atoms with Crippen LogP contribution in [0.3, 0.4) is 0 Å². The number of benzene rings is 1. The number of ether oxygens (including phenoxy) is 1. The Hall–Kier alpha value is -4.65. The number of amides is 2. The summed E-state index contributed by atoms with van der Waals surface area (Å²) in [6, 6.07) is 2.82. The second-order valence-electron chi connectivity index (χ2n) is 11.1. The van der Waals surface area contributed by atoms with Crippen LogP contribution in [0.15, 0.2) is 36.4 Å². The molecule has 2 amide bonds. The van der Waals surface area contributed by atoms with Crippen molar-refractivity contribution in [3.05, 3.63) is 53.1 Å². The van der Waals surface area contributed by atoms with Crippen LogP contribution >= 0.6 is 0 Å². The monoisotopic (exact) mass is 716 g/mol. The van der Waals surface area contributed by atoms with Gasteiger partial charge in [-0.2, -0.15) is 44.5 Å². The molecule has 0 spiro atoms. The van der Waals surface area contributed by atoms with Gasteiger partial charge in [-0.3, -0.25) is 14.2 Å². The molecule has 2 aromatic heterocycles. The fourth-order valence-corrected chi connectivity index (χ4v) is 5.04. The zero-order chi connectivity index (χ0) is 36.5. The predicted molar refractivity (Wildman–Crippen MR) is 151 cm³/mol. The van der Waals surface area contributed by atoms with Gasteiger partial charge in [-0.1, -0.05) is 12.6 Å². The van der Waals surface area contributed by atoms with Gasteiger partial charge in [-0.15, -0.1) is 0 Å². The van der Waals surface area contributed by atoms with Crippen molar-refractivity contribution in [1.82, 2.24) is 25.2 Å². The summed E-state index contributed by atoms with van der Waals surface area (Å²) in [5.41, 5.74) is -4.33. The average molecular weight is 717 g/mol. The van der Waals surface area contributed by atoms with Crippen LogP contribution in [0.4, 0.5) is 59.9 Å². The van der Waals surface area contributed by atoms with Gasteiger partial charge in [0.25, 0.3) is 18.2 Å². The van der Waals surface area contributed by atoms with E-state index in [0.29, 0.717) is 6.07 Å². The van der Waals surface area contributed by atoms with E-state index in [1.807, 2.05) is 5.32 Å². The van der Waals surface area contributed by atoms with Crippen molar-refractivity contribution >= 4 is 34.6 Å². The summed E-state index contributed by atoms with van der Waals surface area (Å²) >= 11 is 0. The van der Waals surface area contributed by atoms with Gasteiger partial charge in [-0.05, 0) is 49.4 Å². The maximum atomic E-state index is 13.9. The molecule has 0 unspecified atom stereocenters. The third-order valence-corrected chi connectivity index (χ3v) is 7.63. The third-order valence-electron chi connectivity index (χ3n) is 7.63. The summed E-state index contributed by atoms with van der Waals surface area (Å²) in [5, 5.41) is 6.89. The van der Waals surface area contributed by atoms with Crippen molar-refractivity contribution in [2.24, 2.45) is 13.0 Å². The van der Waals surface area contributed by atoms with Crippen molar-refractivity contribution < 1.29 is 62.6 Å². The van der Waals surface area contributed by atoms with Gasteiger partial charge in [0.2, 0.25) is 11.8 Å². The van der Waals surface area contributed by atoms with Crippen LogP contribution in [-0.4, -0.2) is 57.8 Å². The van der Waals surface area contributed by atoms with Gasteiger partial charge in [0, 0.05) is 19.6 Å². The Labute approximate surface area is 269 Å². The summed E-state index contributed by atoms with van der Waals surface area (Å²) in [6.07, 6.45) is -17.9. The number of anilines is 2. The first kappa shape index (κ1) is 37.2. The normalized spacial score (nSPS) is 17.2. The summed E-state index contributed by atoms with van der Waals surface area (Å²) in [5.74, 6) is -4.96. The molecule has 1 aromatic carbocycles. The van der Waals surface area contributed by atoms with E-state index in [9.17, 15) is 57.9 Å². The Bertz CT molecular complexity index is 1710. The number of nitrogens with one attached hydrogen (secondary N) is 3. The van der Waals surface area contributed by atoms with E-state index in [0.717, 1.165) is 22.8 Å². The first-order valence-electron chi connectivity index (χ1n) is 14.3. The van der Waals surface area contributed by atoms with E-state index in [1.54, 1.807) is 0 Å². The lowest BCUT2D eigenvalue weighted by atomic mass is 9.85. The maximum absolute atomic E-state index is 13.9. The van der Waals surface area contributed by atoms with Gasteiger partial charge in [0.1, 0.15) is 16.7 Å². The molecule has 3 aromatic rings. The fourth-order valence-electron chi connectivity index (χ4n) is 5.04. The van der Waals surface area contributed by atoms with E-state index in [-0.39, 0.29) is 48.4 Å². The molecular formula is C29H27F11N6O3. The van der Waals surface area contributed by atoms with Crippen LogP contribution in [0.2, 0.25) is 0 Å². The van der Waals surface area contributed by atoms with Crippen LogP contribution in [0.1, 0.15) is 47.2 Å². The molecule has 9 nitrogen and oxygen atoms in total. The highest BCUT2D eigenvalue weighted by Crippen LogP contribution is 2.39. The lowest BCUT2D eigenvalue weighted by molar-refractivity contribution is -0.182. The van der Waals surface area contributed by atoms with E-state index >= 15 is 0 Å². The lowest BCUT2D eigenvalue weighted by Crippen LogP contribution is -2.40. The summed E-state index contributed by atoms with van der Waals surface area (Å²) in [6.45, 7) is 0.828. The highest BCUT2D eigenvalue weighted by Gasteiger charge is 2.42. The Balaban J connectivity index is 1.64. The zero-order valence-corrected chi connectivity index (χ0v) is 25.2. The second kappa shape index (κ2) is 14.1. The van der Waals surface area contributed by atoms with Gasteiger partial charge in [-0.25, -0.2) is 13.8 Å². The molecule has 0 radical (unpaired) electrons. The number of aryl methyl sites for hydroxylation is 1. The average Bonchev–Trinajstić information content (AvgIpc) is 3.30. The third kappa shape index (κ3) is 9.08.